The Morgan fingerprint density at radius 2 is 1.50 bits per heavy atom. The van der Waals surface area contributed by atoms with Crippen LogP contribution in [0, 0.1) is 5.82 Å². The predicted octanol–water partition coefficient (Wildman–Crippen LogP) is 3.65. The van der Waals surface area contributed by atoms with Crippen LogP contribution in [0.5, 0.6) is 5.75 Å². The van der Waals surface area contributed by atoms with E-state index >= 15 is 0 Å². The highest BCUT2D eigenvalue weighted by Gasteiger charge is 2.10. The molecule has 0 aliphatic rings. The molecule has 0 aliphatic carbocycles. The van der Waals surface area contributed by atoms with Crippen LogP contribution in [-0.2, 0) is 27.3 Å². The van der Waals surface area contributed by atoms with Crippen molar-refractivity contribution in [3.8, 4) is 5.75 Å². The topological polar surface area (TPSA) is 64.6 Å². The Hall–Kier alpha value is -3.67. The lowest BCUT2D eigenvalue weighted by Crippen LogP contribution is -2.29. The largest absolute Gasteiger partial charge is 0.482 e. The predicted molar refractivity (Wildman–Crippen MR) is 110 cm³/mol. The first-order valence-corrected chi connectivity index (χ1v) is 9.51. The molecule has 0 radical (unpaired) electrons. The monoisotopic (exact) mass is 407 g/mol. The molecule has 1 amide bonds. The molecule has 3 aromatic carbocycles. The van der Waals surface area contributed by atoms with Gasteiger partial charge in [0.15, 0.2) is 13.2 Å². The molecule has 0 heterocycles. The van der Waals surface area contributed by atoms with E-state index in [0.29, 0.717) is 12.2 Å². The highest BCUT2D eigenvalue weighted by Crippen LogP contribution is 2.21. The maximum Gasteiger partial charge on any atom is 0.344 e. The van der Waals surface area contributed by atoms with Gasteiger partial charge in [0.25, 0.3) is 5.91 Å². The number of carbonyl (C=O) groups is 2. The second kappa shape index (κ2) is 10.8. The number of nitrogens with one attached hydrogen (secondary N) is 1. The Morgan fingerprint density at radius 1 is 0.800 bits per heavy atom. The molecule has 0 spiro atoms. The van der Waals surface area contributed by atoms with E-state index in [4.69, 9.17) is 9.47 Å². The van der Waals surface area contributed by atoms with Crippen molar-refractivity contribution < 1.29 is 23.5 Å². The summed E-state index contributed by atoms with van der Waals surface area (Å²) in [5.74, 6) is -0.831. The van der Waals surface area contributed by atoms with Crippen LogP contribution in [0.4, 0.5) is 4.39 Å². The summed E-state index contributed by atoms with van der Waals surface area (Å²) in [7, 11) is 0. The smallest absolute Gasteiger partial charge is 0.344 e. The third-order valence-corrected chi connectivity index (χ3v) is 4.32. The minimum atomic E-state index is -0.638. The average Bonchev–Trinajstić information content (AvgIpc) is 2.77. The van der Waals surface area contributed by atoms with E-state index in [0.717, 1.165) is 16.7 Å². The van der Waals surface area contributed by atoms with Gasteiger partial charge < -0.3 is 14.8 Å². The van der Waals surface area contributed by atoms with Gasteiger partial charge in [0, 0.05) is 13.0 Å². The van der Waals surface area contributed by atoms with Gasteiger partial charge in [-0.25, -0.2) is 9.18 Å². The van der Waals surface area contributed by atoms with Gasteiger partial charge in [0.2, 0.25) is 0 Å². The lowest BCUT2D eigenvalue weighted by atomic mass is 10.0. The zero-order valence-electron chi connectivity index (χ0n) is 16.3. The number of carbonyl (C=O) groups excluding carboxylic acids is 2. The fraction of sp³-hybridized carbons (Fsp3) is 0.167. The molecule has 0 aliphatic heterocycles. The number of amides is 1. The summed E-state index contributed by atoms with van der Waals surface area (Å²) in [6.45, 7) is -0.480. The van der Waals surface area contributed by atoms with Crippen molar-refractivity contribution >= 4 is 11.9 Å². The van der Waals surface area contributed by atoms with Gasteiger partial charge in [-0.2, -0.15) is 0 Å². The van der Waals surface area contributed by atoms with E-state index < -0.39 is 18.5 Å². The standard InChI is InChI=1S/C24H22FNO4/c25-21-12-10-19(11-13-21)15-26-23(27)16-30-24(28)17-29-22-9-5-4-8-20(22)14-18-6-2-1-3-7-18/h1-13H,14-17H2,(H,26,27). The van der Waals surface area contributed by atoms with Crippen molar-refractivity contribution in [2.24, 2.45) is 0 Å². The summed E-state index contributed by atoms with van der Waals surface area (Å²) in [6.07, 6.45) is 0.678. The van der Waals surface area contributed by atoms with Crippen LogP contribution in [-0.4, -0.2) is 25.1 Å². The van der Waals surface area contributed by atoms with Crippen LogP contribution in [0.25, 0.3) is 0 Å². The van der Waals surface area contributed by atoms with Crippen LogP contribution in [0.15, 0.2) is 78.9 Å². The van der Waals surface area contributed by atoms with Crippen LogP contribution < -0.4 is 10.1 Å². The highest BCUT2D eigenvalue weighted by atomic mass is 19.1. The molecule has 0 bridgehead atoms. The summed E-state index contributed by atoms with van der Waals surface area (Å²) >= 11 is 0. The van der Waals surface area contributed by atoms with Crippen molar-refractivity contribution in [2.45, 2.75) is 13.0 Å². The summed E-state index contributed by atoms with van der Waals surface area (Å²) < 4.78 is 23.4. The maximum atomic E-state index is 12.9. The fourth-order valence-electron chi connectivity index (χ4n) is 2.78. The maximum absolute atomic E-state index is 12.9. The van der Waals surface area contributed by atoms with Crippen molar-refractivity contribution in [2.75, 3.05) is 13.2 Å². The molecule has 0 unspecified atom stereocenters. The minimum Gasteiger partial charge on any atom is -0.482 e. The van der Waals surface area contributed by atoms with Crippen molar-refractivity contribution in [1.82, 2.24) is 5.32 Å². The molecule has 5 nitrogen and oxygen atoms in total. The summed E-state index contributed by atoms with van der Waals surface area (Å²) in [5.41, 5.74) is 2.83. The SMILES string of the molecule is O=C(COC(=O)COc1ccccc1Cc1ccccc1)NCc1ccc(F)cc1. The van der Waals surface area contributed by atoms with E-state index in [9.17, 15) is 14.0 Å². The normalized spacial score (nSPS) is 10.3. The Balaban J connectivity index is 1.42. The van der Waals surface area contributed by atoms with Gasteiger partial charge in [-0.3, -0.25) is 4.79 Å². The summed E-state index contributed by atoms with van der Waals surface area (Å²) in [6, 6.07) is 23.2. The molecule has 0 saturated heterocycles. The molecule has 154 valence electrons. The lowest BCUT2D eigenvalue weighted by molar-refractivity contribution is -0.150. The van der Waals surface area contributed by atoms with E-state index in [1.807, 2.05) is 48.5 Å². The summed E-state index contributed by atoms with van der Waals surface area (Å²) in [5, 5.41) is 2.60. The molecule has 3 rings (SSSR count). The van der Waals surface area contributed by atoms with Crippen LogP contribution >= 0.6 is 0 Å². The first kappa shape index (κ1) is 21.0. The Morgan fingerprint density at radius 3 is 2.27 bits per heavy atom. The van der Waals surface area contributed by atoms with E-state index in [2.05, 4.69) is 5.32 Å². The number of para-hydroxylation sites is 1. The first-order chi connectivity index (χ1) is 14.6. The van der Waals surface area contributed by atoms with Crippen LogP contribution in [0.1, 0.15) is 16.7 Å². The molecule has 0 atom stereocenters. The van der Waals surface area contributed by atoms with Gasteiger partial charge >= 0.3 is 5.97 Å². The molecule has 0 fully saturated rings. The number of halogens is 1. The van der Waals surface area contributed by atoms with Gasteiger partial charge in [-0.1, -0.05) is 60.7 Å². The average molecular weight is 407 g/mol. The molecule has 0 saturated carbocycles. The van der Waals surface area contributed by atoms with E-state index in [-0.39, 0.29) is 19.0 Å². The highest BCUT2D eigenvalue weighted by molar-refractivity contribution is 5.80. The van der Waals surface area contributed by atoms with Gasteiger partial charge in [-0.05, 0) is 34.9 Å². The molecule has 1 N–H and O–H groups in total. The van der Waals surface area contributed by atoms with Crippen molar-refractivity contribution in [3.05, 3.63) is 101 Å². The number of benzene rings is 3. The number of hydrogen-bond acceptors (Lipinski definition) is 4. The second-order valence-corrected chi connectivity index (χ2v) is 6.62. The third-order valence-electron chi connectivity index (χ3n) is 4.32. The van der Waals surface area contributed by atoms with Crippen LogP contribution in [0.2, 0.25) is 0 Å². The number of hydrogen-bond donors (Lipinski definition) is 1. The van der Waals surface area contributed by atoms with E-state index in [1.54, 1.807) is 18.2 Å². The summed E-state index contributed by atoms with van der Waals surface area (Å²) in [4.78, 5) is 23.7. The van der Waals surface area contributed by atoms with Crippen molar-refractivity contribution in [1.29, 1.82) is 0 Å². The number of esters is 1. The molecular weight excluding hydrogens is 385 g/mol. The molecule has 0 aromatic heterocycles. The van der Waals surface area contributed by atoms with E-state index in [1.165, 1.54) is 12.1 Å². The van der Waals surface area contributed by atoms with Gasteiger partial charge in [-0.15, -0.1) is 0 Å². The minimum absolute atomic E-state index is 0.222. The van der Waals surface area contributed by atoms with Gasteiger partial charge in [0.05, 0.1) is 0 Å². The fourth-order valence-corrected chi connectivity index (χ4v) is 2.78. The Bertz CT molecular complexity index is 974. The molecule has 6 heteroatoms. The quantitative estimate of drug-likeness (QED) is 0.550. The number of ether oxygens (including phenoxy) is 2. The second-order valence-electron chi connectivity index (χ2n) is 6.62. The Labute approximate surface area is 174 Å². The lowest BCUT2D eigenvalue weighted by Gasteiger charge is -2.11. The first-order valence-electron chi connectivity index (χ1n) is 9.51. The molecule has 3 aromatic rings. The zero-order valence-corrected chi connectivity index (χ0v) is 16.3. The van der Waals surface area contributed by atoms with Crippen molar-refractivity contribution in [3.63, 3.8) is 0 Å². The number of rotatable bonds is 9. The van der Waals surface area contributed by atoms with Crippen LogP contribution in [0.3, 0.4) is 0 Å². The zero-order chi connectivity index (χ0) is 21.2. The van der Waals surface area contributed by atoms with Gasteiger partial charge in [0.1, 0.15) is 11.6 Å². The molecular formula is C24H22FNO4. The third kappa shape index (κ3) is 6.74. The molecule has 30 heavy (non-hydrogen) atoms. The Kier molecular flexibility index (Phi) is 7.55.